The number of nitro groups is 2. The van der Waals surface area contributed by atoms with E-state index >= 15 is 0 Å². The lowest BCUT2D eigenvalue weighted by molar-refractivity contribution is -0.734. The molecule has 6 aromatic carbocycles. The van der Waals surface area contributed by atoms with Gasteiger partial charge in [-0.25, -0.2) is 0 Å². The number of tetrazole rings is 2. The first-order chi connectivity index (χ1) is 27.3. The van der Waals surface area contributed by atoms with Crippen LogP contribution in [0.1, 0.15) is 0 Å². The Hall–Kier alpha value is -7.56. The molecule has 290 valence electrons. The van der Waals surface area contributed by atoms with E-state index in [9.17, 15) is 20.2 Å². The summed E-state index contributed by atoms with van der Waals surface area (Å²) in [4.78, 5) is 28.2. The van der Waals surface area contributed by atoms with Crippen LogP contribution in [0.2, 0.25) is 0 Å². The molecule has 0 bridgehead atoms. The van der Waals surface area contributed by atoms with Gasteiger partial charge in [-0.15, -0.1) is 0 Å². The summed E-state index contributed by atoms with van der Waals surface area (Å²) in [5, 5.41) is 42.0. The van der Waals surface area contributed by atoms with Crippen LogP contribution in [-0.4, -0.2) is 54.1 Å². The standard InChI is InChI=1S/C40H30N10O6.2ClH/c1-55-37-24-22-33(47-43-39(27-9-5-3-6-10-27)41-45(47)29-13-17-31(18-14-29)49(51)52)25-36(37)35-23-21-34(26-38(35)56-2)48-44-40(28-11-7-4-8-12-28)42-46(48)30-15-19-32(20-16-30)50(53)54;;/h3-26H,1-2H3;2*1H/q+2;;/p-2. The van der Waals surface area contributed by atoms with E-state index in [0.717, 1.165) is 11.1 Å². The molecule has 0 spiro atoms. The van der Waals surface area contributed by atoms with Crippen molar-refractivity contribution in [3.05, 3.63) is 166 Å². The Bertz CT molecular complexity index is 2730. The lowest BCUT2D eigenvalue weighted by Gasteiger charge is -2.14. The van der Waals surface area contributed by atoms with E-state index in [2.05, 4.69) is 0 Å². The van der Waals surface area contributed by atoms with E-state index in [4.69, 9.17) is 29.9 Å². The van der Waals surface area contributed by atoms with Gasteiger partial charge in [0.25, 0.3) is 11.4 Å². The monoisotopic (exact) mass is 816 g/mol. The summed E-state index contributed by atoms with van der Waals surface area (Å²) < 4.78 is 11.8. The quantitative estimate of drug-likeness (QED) is 0.100. The third-order valence-corrected chi connectivity index (χ3v) is 8.88. The van der Waals surface area contributed by atoms with Gasteiger partial charge in [0.05, 0.1) is 45.4 Å². The molecule has 0 aliphatic rings. The number of hydrogen-bond donors (Lipinski definition) is 0. The predicted octanol–water partition coefficient (Wildman–Crippen LogP) is 0.244. The van der Waals surface area contributed by atoms with Gasteiger partial charge in [0, 0.05) is 51.1 Å². The number of aromatic nitrogens is 8. The molecule has 2 heterocycles. The number of hydrogen-bond acceptors (Lipinski definition) is 10. The molecule has 0 saturated carbocycles. The van der Waals surface area contributed by atoms with Gasteiger partial charge >= 0.3 is 11.6 Å². The van der Waals surface area contributed by atoms with Crippen LogP contribution in [0.25, 0.3) is 56.7 Å². The number of nitrogens with zero attached hydrogens (tertiary/aromatic N) is 10. The minimum absolute atomic E-state index is 0. The first-order valence-corrected chi connectivity index (χ1v) is 17.1. The van der Waals surface area contributed by atoms with Crippen LogP contribution in [0, 0.1) is 20.2 Å². The van der Waals surface area contributed by atoms with Gasteiger partial charge in [0.1, 0.15) is 22.9 Å². The molecule has 58 heavy (non-hydrogen) atoms. The highest BCUT2D eigenvalue weighted by molar-refractivity contribution is 5.78. The molecule has 0 fully saturated rings. The van der Waals surface area contributed by atoms with Crippen molar-refractivity contribution in [2.75, 3.05) is 14.2 Å². The maximum absolute atomic E-state index is 11.4. The van der Waals surface area contributed by atoms with Crippen LogP contribution < -0.4 is 43.9 Å². The van der Waals surface area contributed by atoms with Crippen molar-refractivity contribution in [2.45, 2.75) is 0 Å². The van der Waals surface area contributed by atoms with Crippen LogP contribution in [-0.2, 0) is 0 Å². The van der Waals surface area contributed by atoms with Gasteiger partial charge in [-0.3, -0.25) is 20.2 Å². The SMILES string of the molecule is COc1cc(-n2nc(-c3ccccc3)n[n+]2-c2ccc([N+](=O)[O-])cc2)ccc1-c1cc(-n2nc(-c3ccccc3)n[n+]2-c2ccc([N+](=O)[O-])cc2)ccc1OC.[Cl-].[Cl-]. The minimum atomic E-state index is -0.457. The summed E-state index contributed by atoms with van der Waals surface area (Å²) in [6.07, 6.45) is 0. The first-order valence-electron chi connectivity index (χ1n) is 17.1. The van der Waals surface area contributed by atoms with Crippen molar-refractivity contribution in [1.82, 2.24) is 30.0 Å². The zero-order chi connectivity index (χ0) is 38.8. The number of methoxy groups -OCH3 is 2. The number of benzene rings is 6. The second-order valence-corrected chi connectivity index (χ2v) is 12.3. The summed E-state index contributed by atoms with van der Waals surface area (Å²) in [5.74, 6) is 1.91. The Morgan fingerprint density at radius 1 is 0.517 bits per heavy atom. The zero-order valence-electron chi connectivity index (χ0n) is 30.5. The largest absolute Gasteiger partial charge is 1.00 e. The van der Waals surface area contributed by atoms with Crippen LogP contribution in [0.3, 0.4) is 0 Å². The maximum Gasteiger partial charge on any atom is 0.340 e. The van der Waals surface area contributed by atoms with E-state index in [0.29, 0.717) is 57.0 Å². The smallest absolute Gasteiger partial charge is 0.340 e. The van der Waals surface area contributed by atoms with Crippen LogP contribution >= 0.6 is 0 Å². The molecule has 0 aliphatic carbocycles. The molecule has 0 unspecified atom stereocenters. The Balaban J connectivity index is 0.00000283. The molecule has 16 nitrogen and oxygen atoms in total. The Morgan fingerprint density at radius 2 is 0.948 bits per heavy atom. The molecule has 0 saturated heterocycles. The number of halogens is 2. The molecular weight excluding hydrogens is 787 g/mol. The Morgan fingerprint density at radius 3 is 1.38 bits per heavy atom. The number of nitro benzene ring substituents is 2. The molecule has 18 heteroatoms. The topological polar surface area (TPSA) is 174 Å². The van der Waals surface area contributed by atoms with E-state index in [1.807, 2.05) is 97.1 Å². The molecule has 0 atom stereocenters. The summed E-state index contributed by atoms with van der Waals surface area (Å²) in [7, 11) is 3.14. The van der Waals surface area contributed by atoms with Crippen molar-refractivity contribution < 1.29 is 53.7 Å². The molecule has 2 aromatic heterocycles. The fraction of sp³-hybridized carbons (Fsp3) is 0.0500. The van der Waals surface area contributed by atoms with Crippen molar-refractivity contribution in [3.8, 4) is 68.2 Å². The van der Waals surface area contributed by atoms with Gasteiger partial charge in [-0.1, -0.05) is 36.4 Å². The maximum atomic E-state index is 11.4. The molecular formula is C40H30Cl2N10O6. The average molecular weight is 818 g/mol. The molecule has 8 aromatic rings. The lowest BCUT2D eigenvalue weighted by atomic mass is 10.0. The molecule has 8 rings (SSSR count). The van der Waals surface area contributed by atoms with Gasteiger partial charge < -0.3 is 34.3 Å². The molecule has 0 amide bonds. The van der Waals surface area contributed by atoms with Gasteiger partial charge in [-0.2, -0.15) is 0 Å². The van der Waals surface area contributed by atoms with Gasteiger partial charge in [0.2, 0.25) is 0 Å². The zero-order valence-corrected chi connectivity index (χ0v) is 32.0. The fourth-order valence-electron chi connectivity index (χ4n) is 6.12. The van der Waals surface area contributed by atoms with Crippen molar-refractivity contribution >= 4 is 11.4 Å². The summed E-state index contributed by atoms with van der Waals surface area (Å²) in [6.45, 7) is 0. The van der Waals surface area contributed by atoms with Crippen LogP contribution in [0.15, 0.2) is 146 Å². The molecule has 0 N–H and O–H groups in total. The lowest BCUT2D eigenvalue weighted by Crippen LogP contribution is -3.00. The highest BCUT2D eigenvalue weighted by Crippen LogP contribution is 2.39. The van der Waals surface area contributed by atoms with Crippen LogP contribution in [0.5, 0.6) is 11.5 Å². The minimum Gasteiger partial charge on any atom is -1.00 e. The molecule has 0 aliphatic heterocycles. The second kappa shape index (κ2) is 17.1. The summed E-state index contributed by atoms with van der Waals surface area (Å²) in [5.41, 5.74) is 5.12. The number of non-ortho nitro benzene ring substituents is 2. The van der Waals surface area contributed by atoms with E-state index in [-0.39, 0.29) is 36.2 Å². The van der Waals surface area contributed by atoms with E-state index in [1.54, 1.807) is 57.7 Å². The average Bonchev–Trinajstić information content (AvgIpc) is 3.90. The van der Waals surface area contributed by atoms with Crippen molar-refractivity contribution in [2.24, 2.45) is 0 Å². The normalized spacial score (nSPS) is 10.6. The summed E-state index contributed by atoms with van der Waals surface area (Å²) in [6, 6.07) is 42.1. The Kier molecular flexibility index (Phi) is 11.8. The first kappa shape index (κ1) is 40.1. The number of rotatable bonds is 11. The van der Waals surface area contributed by atoms with E-state index in [1.165, 1.54) is 24.3 Å². The highest BCUT2D eigenvalue weighted by Gasteiger charge is 2.28. The van der Waals surface area contributed by atoms with Crippen LogP contribution in [0.4, 0.5) is 11.4 Å². The van der Waals surface area contributed by atoms with Gasteiger partial charge in [-0.05, 0) is 98.7 Å². The number of ether oxygens (including phenoxy) is 2. The third kappa shape index (κ3) is 7.77. The van der Waals surface area contributed by atoms with E-state index < -0.39 is 9.85 Å². The van der Waals surface area contributed by atoms with Crippen molar-refractivity contribution in [3.63, 3.8) is 0 Å². The second-order valence-electron chi connectivity index (χ2n) is 12.3. The highest BCUT2D eigenvalue weighted by atomic mass is 35.5. The Labute approximate surface area is 342 Å². The summed E-state index contributed by atoms with van der Waals surface area (Å²) >= 11 is 0. The van der Waals surface area contributed by atoms with Gasteiger partial charge in [0.15, 0.2) is 11.4 Å². The van der Waals surface area contributed by atoms with Crippen molar-refractivity contribution in [1.29, 1.82) is 0 Å². The predicted molar refractivity (Wildman–Crippen MR) is 202 cm³/mol. The fourth-order valence-corrected chi connectivity index (χ4v) is 6.12. The third-order valence-electron chi connectivity index (χ3n) is 8.88. The molecule has 0 radical (unpaired) electrons.